The molecule has 18 heavy (non-hydrogen) atoms. The summed E-state index contributed by atoms with van der Waals surface area (Å²) in [6.45, 7) is 0.355. The molecule has 0 aliphatic rings. The quantitative estimate of drug-likeness (QED) is 0.590. The van der Waals surface area contributed by atoms with Gasteiger partial charge in [-0.05, 0) is 6.07 Å². The number of hydrogen-bond acceptors (Lipinski definition) is 7. The number of anilines is 2. The maximum Gasteiger partial charge on any atom is 0.329 e. The zero-order valence-corrected chi connectivity index (χ0v) is 9.57. The number of nitrogens with one attached hydrogen (secondary N) is 1. The van der Waals surface area contributed by atoms with Crippen LogP contribution in [-0.2, 0) is 13.6 Å². The highest BCUT2D eigenvalue weighted by Crippen LogP contribution is 2.21. The van der Waals surface area contributed by atoms with Crippen molar-refractivity contribution >= 4 is 17.5 Å². The van der Waals surface area contributed by atoms with Gasteiger partial charge < -0.3 is 11.1 Å². The lowest BCUT2D eigenvalue weighted by Gasteiger charge is -2.06. The van der Waals surface area contributed by atoms with Crippen LogP contribution >= 0.6 is 0 Å². The summed E-state index contributed by atoms with van der Waals surface area (Å²) in [5.41, 5.74) is 6.05. The van der Waals surface area contributed by atoms with Crippen LogP contribution in [0.5, 0.6) is 0 Å². The molecule has 0 aromatic carbocycles. The number of aryl methyl sites for hydroxylation is 1. The molecule has 2 aromatic rings. The van der Waals surface area contributed by atoms with Crippen molar-refractivity contribution < 1.29 is 4.92 Å². The zero-order chi connectivity index (χ0) is 13.1. The molecule has 0 saturated heterocycles. The number of hydrogen-bond donors (Lipinski definition) is 2. The molecule has 0 unspecified atom stereocenters. The van der Waals surface area contributed by atoms with Crippen LogP contribution in [-0.4, -0.2) is 24.7 Å². The summed E-state index contributed by atoms with van der Waals surface area (Å²) in [5, 5.41) is 17.6. The van der Waals surface area contributed by atoms with Crippen molar-refractivity contribution in [2.45, 2.75) is 6.54 Å². The lowest BCUT2D eigenvalue weighted by molar-refractivity contribution is -0.384. The zero-order valence-electron chi connectivity index (χ0n) is 9.57. The number of nitro groups is 1. The normalized spacial score (nSPS) is 10.3. The van der Waals surface area contributed by atoms with Gasteiger partial charge in [0.15, 0.2) is 0 Å². The Morgan fingerprint density at radius 3 is 3.00 bits per heavy atom. The third-order valence-corrected chi connectivity index (χ3v) is 2.34. The van der Waals surface area contributed by atoms with Crippen molar-refractivity contribution in [3.8, 4) is 0 Å². The maximum atomic E-state index is 10.8. The van der Waals surface area contributed by atoms with Gasteiger partial charge in [-0.1, -0.05) is 0 Å². The molecule has 0 saturated carbocycles. The summed E-state index contributed by atoms with van der Waals surface area (Å²) in [7, 11) is 1.78. The van der Waals surface area contributed by atoms with E-state index in [1.165, 1.54) is 0 Å². The Morgan fingerprint density at radius 2 is 2.39 bits per heavy atom. The lowest BCUT2D eigenvalue weighted by atomic mass is 10.4. The minimum absolute atomic E-state index is 0.0203. The van der Waals surface area contributed by atoms with Crippen molar-refractivity contribution in [2.75, 3.05) is 11.1 Å². The second-order valence-electron chi connectivity index (χ2n) is 3.52. The molecule has 9 nitrogen and oxygen atoms in total. The third-order valence-electron chi connectivity index (χ3n) is 2.34. The summed E-state index contributed by atoms with van der Waals surface area (Å²) in [6.07, 6.45) is 2.72. The molecule has 0 amide bonds. The van der Waals surface area contributed by atoms with Gasteiger partial charge in [-0.2, -0.15) is 10.1 Å². The van der Waals surface area contributed by atoms with Gasteiger partial charge in [-0.15, -0.1) is 0 Å². The first kappa shape index (κ1) is 11.8. The Morgan fingerprint density at radius 1 is 1.61 bits per heavy atom. The molecule has 0 aliphatic carbocycles. The molecule has 0 bridgehead atoms. The molecule has 2 rings (SSSR count). The van der Waals surface area contributed by atoms with Crippen LogP contribution in [0.25, 0.3) is 0 Å². The van der Waals surface area contributed by atoms with E-state index in [2.05, 4.69) is 20.4 Å². The fraction of sp³-hybridized carbons (Fsp3) is 0.222. The minimum Gasteiger partial charge on any atom is -0.368 e. The fourth-order valence-electron chi connectivity index (χ4n) is 1.40. The Balaban J connectivity index is 2.20. The molecule has 94 valence electrons. The van der Waals surface area contributed by atoms with Crippen molar-refractivity contribution in [1.82, 2.24) is 19.7 Å². The summed E-state index contributed by atoms with van der Waals surface area (Å²) in [4.78, 5) is 17.6. The van der Waals surface area contributed by atoms with E-state index in [1.54, 1.807) is 24.0 Å². The number of aromatic nitrogens is 4. The van der Waals surface area contributed by atoms with Crippen LogP contribution in [0.4, 0.5) is 17.5 Å². The predicted molar refractivity (Wildman–Crippen MR) is 63.6 cm³/mol. The molecule has 0 spiro atoms. The summed E-state index contributed by atoms with van der Waals surface area (Å²) in [6, 6.07) is 1.80. The van der Waals surface area contributed by atoms with E-state index in [0.717, 1.165) is 11.9 Å². The minimum atomic E-state index is -0.564. The van der Waals surface area contributed by atoms with E-state index in [-0.39, 0.29) is 17.5 Å². The Hall–Kier alpha value is -2.71. The first-order valence-electron chi connectivity index (χ1n) is 5.05. The molecular weight excluding hydrogens is 238 g/mol. The number of nitrogens with zero attached hydrogens (tertiary/aromatic N) is 5. The standard InChI is InChI=1S/C9H11N7O2/c1-15-6(2-3-13-15)4-11-8-7(16(17)18)5-12-9(10)14-8/h2-3,5H,4H2,1H3,(H3,10,11,12,14). The highest BCUT2D eigenvalue weighted by Gasteiger charge is 2.16. The summed E-state index contributed by atoms with van der Waals surface area (Å²) in [5.74, 6) is 0.0711. The van der Waals surface area contributed by atoms with Crippen molar-refractivity contribution in [1.29, 1.82) is 0 Å². The fourth-order valence-corrected chi connectivity index (χ4v) is 1.40. The van der Waals surface area contributed by atoms with E-state index in [9.17, 15) is 10.1 Å². The Bertz CT molecular complexity index is 580. The number of nitrogens with two attached hydrogens (primary N) is 1. The predicted octanol–water partition coefficient (Wildman–Crippen LogP) is 0.313. The van der Waals surface area contributed by atoms with E-state index in [1.807, 2.05) is 0 Å². The lowest BCUT2D eigenvalue weighted by Crippen LogP contribution is -2.09. The van der Waals surface area contributed by atoms with Gasteiger partial charge >= 0.3 is 5.69 Å². The van der Waals surface area contributed by atoms with Crippen LogP contribution in [0.3, 0.4) is 0 Å². The van der Waals surface area contributed by atoms with Gasteiger partial charge in [0.25, 0.3) is 0 Å². The van der Waals surface area contributed by atoms with Gasteiger partial charge in [0, 0.05) is 13.2 Å². The molecule has 9 heteroatoms. The van der Waals surface area contributed by atoms with Gasteiger partial charge in [0.1, 0.15) is 6.20 Å². The van der Waals surface area contributed by atoms with Crippen LogP contribution < -0.4 is 11.1 Å². The third kappa shape index (κ3) is 2.34. The van der Waals surface area contributed by atoms with Crippen molar-refractivity contribution in [2.24, 2.45) is 7.05 Å². The highest BCUT2D eigenvalue weighted by molar-refractivity contribution is 5.56. The molecule has 0 radical (unpaired) electrons. The first-order valence-corrected chi connectivity index (χ1v) is 5.05. The Labute approximate surface area is 102 Å². The van der Waals surface area contributed by atoms with Crippen molar-refractivity contribution in [3.05, 3.63) is 34.3 Å². The van der Waals surface area contributed by atoms with E-state index in [0.29, 0.717) is 6.54 Å². The van der Waals surface area contributed by atoms with E-state index in [4.69, 9.17) is 5.73 Å². The summed E-state index contributed by atoms with van der Waals surface area (Å²) < 4.78 is 1.66. The number of nitrogen functional groups attached to an aromatic ring is 1. The molecule has 3 N–H and O–H groups in total. The average Bonchev–Trinajstić information content (AvgIpc) is 2.72. The second-order valence-corrected chi connectivity index (χ2v) is 3.52. The number of rotatable bonds is 4. The maximum absolute atomic E-state index is 10.8. The highest BCUT2D eigenvalue weighted by atomic mass is 16.6. The van der Waals surface area contributed by atoms with Gasteiger partial charge in [0.2, 0.25) is 11.8 Å². The molecule has 0 fully saturated rings. The largest absolute Gasteiger partial charge is 0.368 e. The summed E-state index contributed by atoms with van der Waals surface area (Å²) >= 11 is 0. The first-order chi connectivity index (χ1) is 8.58. The van der Waals surface area contributed by atoms with Crippen molar-refractivity contribution in [3.63, 3.8) is 0 Å². The molecular formula is C9H11N7O2. The van der Waals surface area contributed by atoms with Gasteiger partial charge in [0.05, 0.1) is 17.2 Å². The molecule has 0 atom stereocenters. The average molecular weight is 249 g/mol. The van der Waals surface area contributed by atoms with Crippen LogP contribution in [0.2, 0.25) is 0 Å². The monoisotopic (exact) mass is 249 g/mol. The van der Waals surface area contributed by atoms with Crippen LogP contribution in [0, 0.1) is 10.1 Å². The van der Waals surface area contributed by atoms with Gasteiger partial charge in [-0.25, -0.2) is 4.98 Å². The van der Waals surface area contributed by atoms with E-state index < -0.39 is 4.92 Å². The topological polar surface area (TPSA) is 125 Å². The Kier molecular flexibility index (Phi) is 3.04. The van der Waals surface area contributed by atoms with Crippen LogP contribution in [0.1, 0.15) is 5.69 Å². The molecule has 0 aliphatic heterocycles. The van der Waals surface area contributed by atoms with Gasteiger partial charge in [-0.3, -0.25) is 14.8 Å². The molecule has 2 aromatic heterocycles. The van der Waals surface area contributed by atoms with E-state index >= 15 is 0 Å². The molecule has 2 heterocycles. The second kappa shape index (κ2) is 4.65. The smallest absolute Gasteiger partial charge is 0.329 e. The van der Waals surface area contributed by atoms with Crippen LogP contribution in [0.15, 0.2) is 18.5 Å². The SMILES string of the molecule is Cn1nccc1CNc1nc(N)ncc1[N+](=O)[O-].